The van der Waals surface area contributed by atoms with Crippen molar-refractivity contribution in [2.75, 3.05) is 5.32 Å². The third-order valence-electron chi connectivity index (χ3n) is 4.21. The zero-order valence-corrected chi connectivity index (χ0v) is 15.4. The van der Waals surface area contributed by atoms with Crippen LogP contribution in [-0.2, 0) is 17.9 Å². The summed E-state index contributed by atoms with van der Waals surface area (Å²) in [6.45, 7) is 3.81. The Labute approximate surface area is 159 Å². The SMILES string of the molecule is Cc1nn(CCC(=O)Nc2cc(C)n(Cc3ccccc3F)n2)cc1[N+](=O)[O-]. The highest BCUT2D eigenvalue weighted by Gasteiger charge is 2.16. The summed E-state index contributed by atoms with van der Waals surface area (Å²) in [6, 6.07) is 8.14. The molecule has 146 valence electrons. The lowest BCUT2D eigenvalue weighted by Gasteiger charge is -2.05. The number of aryl methyl sites for hydroxylation is 3. The number of anilines is 1. The molecule has 0 spiro atoms. The Morgan fingerprint density at radius 1 is 1.29 bits per heavy atom. The maximum absolute atomic E-state index is 13.8. The third kappa shape index (κ3) is 4.40. The second-order valence-corrected chi connectivity index (χ2v) is 6.34. The summed E-state index contributed by atoms with van der Waals surface area (Å²) >= 11 is 0. The van der Waals surface area contributed by atoms with Crippen molar-refractivity contribution in [2.45, 2.75) is 33.4 Å². The molecule has 1 aromatic carbocycles. The summed E-state index contributed by atoms with van der Waals surface area (Å²) in [5.41, 5.74) is 1.50. The van der Waals surface area contributed by atoms with Gasteiger partial charge in [-0.3, -0.25) is 24.3 Å². The Bertz CT molecular complexity index is 1030. The molecular weight excluding hydrogens is 367 g/mol. The van der Waals surface area contributed by atoms with E-state index in [1.54, 1.807) is 35.9 Å². The summed E-state index contributed by atoms with van der Waals surface area (Å²) < 4.78 is 16.8. The van der Waals surface area contributed by atoms with Crippen molar-refractivity contribution >= 4 is 17.4 Å². The maximum atomic E-state index is 13.8. The molecule has 0 aliphatic carbocycles. The topological polar surface area (TPSA) is 108 Å². The minimum atomic E-state index is -0.510. The van der Waals surface area contributed by atoms with E-state index in [0.717, 1.165) is 5.69 Å². The fourth-order valence-corrected chi connectivity index (χ4v) is 2.74. The summed E-state index contributed by atoms with van der Waals surface area (Å²) in [4.78, 5) is 22.5. The number of carbonyl (C=O) groups excluding carboxylic acids is 1. The first kappa shape index (κ1) is 19.2. The Hall–Kier alpha value is -3.56. The largest absolute Gasteiger partial charge is 0.309 e. The van der Waals surface area contributed by atoms with Crippen LogP contribution in [0.15, 0.2) is 36.5 Å². The molecule has 0 saturated heterocycles. The third-order valence-corrected chi connectivity index (χ3v) is 4.21. The fraction of sp³-hybridized carbons (Fsp3) is 0.278. The molecule has 1 amide bonds. The molecular formula is C18H19FN6O3. The van der Waals surface area contributed by atoms with E-state index in [4.69, 9.17) is 0 Å². The van der Waals surface area contributed by atoms with Crippen LogP contribution in [0.3, 0.4) is 0 Å². The summed E-state index contributed by atoms with van der Waals surface area (Å²) in [5, 5.41) is 21.8. The molecule has 3 aromatic rings. The van der Waals surface area contributed by atoms with Crippen molar-refractivity contribution in [1.29, 1.82) is 0 Å². The number of aromatic nitrogens is 4. The molecule has 0 unspecified atom stereocenters. The molecule has 0 fully saturated rings. The first-order valence-electron chi connectivity index (χ1n) is 8.59. The van der Waals surface area contributed by atoms with E-state index in [-0.39, 0.29) is 36.9 Å². The number of benzene rings is 1. The molecule has 2 aromatic heterocycles. The highest BCUT2D eigenvalue weighted by molar-refractivity contribution is 5.89. The maximum Gasteiger partial charge on any atom is 0.309 e. The Morgan fingerprint density at radius 2 is 2.04 bits per heavy atom. The molecule has 10 heteroatoms. The van der Waals surface area contributed by atoms with Gasteiger partial charge in [0.25, 0.3) is 0 Å². The van der Waals surface area contributed by atoms with Crippen LogP contribution in [-0.4, -0.2) is 30.4 Å². The van der Waals surface area contributed by atoms with Gasteiger partial charge in [0, 0.05) is 30.3 Å². The van der Waals surface area contributed by atoms with E-state index in [1.807, 2.05) is 6.92 Å². The van der Waals surface area contributed by atoms with Crippen LogP contribution in [0, 0.1) is 29.8 Å². The van der Waals surface area contributed by atoms with Crippen molar-refractivity contribution in [3.8, 4) is 0 Å². The number of rotatable bonds is 7. The zero-order valence-electron chi connectivity index (χ0n) is 15.4. The predicted molar refractivity (Wildman–Crippen MR) is 99.3 cm³/mol. The van der Waals surface area contributed by atoms with Crippen LogP contribution < -0.4 is 5.32 Å². The Kier molecular flexibility index (Phi) is 5.48. The number of amides is 1. The second-order valence-electron chi connectivity index (χ2n) is 6.34. The van der Waals surface area contributed by atoms with E-state index in [0.29, 0.717) is 17.1 Å². The van der Waals surface area contributed by atoms with Gasteiger partial charge >= 0.3 is 5.69 Å². The molecule has 0 radical (unpaired) electrons. The van der Waals surface area contributed by atoms with Crippen LogP contribution in [0.25, 0.3) is 0 Å². The predicted octanol–water partition coefficient (Wildman–Crippen LogP) is 2.82. The van der Waals surface area contributed by atoms with Crippen molar-refractivity contribution in [3.05, 3.63) is 69.4 Å². The van der Waals surface area contributed by atoms with Crippen molar-refractivity contribution < 1.29 is 14.1 Å². The van der Waals surface area contributed by atoms with Gasteiger partial charge in [0.2, 0.25) is 5.91 Å². The first-order valence-corrected chi connectivity index (χ1v) is 8.59. The monoisotopic (exact) mass is 386 g/mol. The Balaban J connectivity index is 1.59. The van der Waals surface area contributed by atoms with Gasteiger partial charge in [-0.25, -0.2) is 4.39 Å². The molecule has 1 N–H and O–H groups in total. The minimum absolute atomic E-state index is 0.0806. The van der Waals surface area contributed by atoms with Crippen molar-refractivity contribution in [1.82, 2.24) is 19.6 Å². The number of hydrogen-bond donors (Lipinski definition) is 1. The van der Waals surface area contributed by atoms with Crippen molar-refractivity contribution in [3.63, 3.8) is 0 Å². The molecule has 28 heavy (non-hydrogen) atoms. The fourth-order valence-electron chi connectivity index (χ4n) is 2.74. The molecule has 0 aliphatic rings. The average Bonchev–Trinajstić information content (AvgIpc) is 3.17. The second kappa shape index (κ2) is 7.99. The van der Waals surface area contributed by atoms with E-state index in [1.165, 1.54) is 16.9 Å². The smallest absolute Gasteiger partial charge is 0.309 e. The van der Waals surface area contributed by atoms with Crippen LogP contribution in [0.2, 0.25) is 0 Å². The van der Waals surface area contributed by atoms with Crippen LogP contribution in [0.4, 0.5) is 15.9 Å². The van der Waals surface area contributed by atoms with Crippen LogP contribution in [0.1, 0.15) is 23.4 Å². The van der Waals surface area contributed by atoms with Crippen molar-refractivity contribution in [2.24, 2.45) is 0 Å². The molecule has 2 heterocycles. The van der Waals surface area contributed by atoms with Gasteiger partial charge in [0.1, 0.15) is 17.7 Å². The minimum Gasteiger partial charge on any atom is -0.309 e. The zero-order chi connectivity index (χ0) is 20.3. The lowest BCUT2D eigenvalue weighted by atomic mass is 10.2. The normalized spacial score (nSPS) is 10.8. The van der Waals surface area contributed by atoms with E-state index in [2.05, 4.69) is 15.5 Å². The van der Waals surface area contributed by atoms with E-state index < -0.39 is 4.92 Å². The lowest BCUT2D eigenvalue weighted by Crippen LogP contribution is -2.15. The lowest BCUT2D eigenvalue weighted by molar-refractivity contribution is -0.385. The standard InChI is InChI=1S/C18H19FN6O3/c1-12-9-17(22-24(12)10-14-5-3-4-6-15(14)19)20-18(26)7-8-23-11-16(25(27)28)13(2)21-23/h3-6,9,11H,7-8,10H2,1-2H3,(H,20,22,26). The summed E-state index contributed by atoms with van der Waals surface area (Å²) in [5.74, 6) is -0.251. The molecule has 0 bridgehead atoms. The molecule has 9 nitrogen and oxygen atoms in total. The van der Waals surface area contributed by atoms with Gasteiger partial charge < -0.3 is 5.32 Å². The highest BCUT2D eigenvalue weighted by atomic mass is 19.1. The number of hydrogen-bond acceptors (Lipinski definition) is 5. The van der Waals surface area contributed by atoms with Gasteiger partial charge in [-0.05, 0) is 19.9 Å². The quantitative estimate of drug-likeness (QED) is 0.496. The molecule has 0 aliphatic heterocycles. The summed E-state index contributed by atoms with van der Waals surface area (Å²) in [6.07, 6.45) is 1.38. The first-order chi connectivity index (χ1) is 13.3. The highest BCUT2D eigenvalue weighted by Crippen LogP contribution is 2.16. The number of nitrogens with one attached hydrogen (secondary N) is 1. The number of halogens is 1. The number of nitro groups is 1. The summed E-state index contributed by atoms with van der Waals surface area (Å²) in [7, 11) is 0. The number of carbonyl (C=O) groups is 1. The van der Waals surface area contributed by atoms with Gasteiger partial charge in [-0.2, -0.15) is 10.2 Å². The van der Waals surface area contributed by atoms with Gasteiger partial charge in [0.15, 0.2) is 5.82 Å². The van der Waals surface area contributed by atoms with Gasteiger partial charge in [-0.15, -0.1) is 0 Å². The van der Waals surface area contributed by atoms with Gasteiger partial charge in [-0.1, -0.05) is 18.2 Å². The van der Waals surface area contributed by atoms with E-state index >= 15 is 0 Å². The molecule has 0 saturated carbocycles. The van der Waals surface area contributed by atoms with E-state index in [9.17, 15) is 19.3 Å². The number of nitrogens with zero attached hydrogens (tertiary/aromatic N) is 5. The van der Waals surface area contributed by atoms with Gasteiger partial charge in [0.05, 0.1) is 11.5 Å². The average molecular weight is 386 g/mol. The van der Waals surface area contributed by atoms with Crippen LogP contribution in [0.5, 0.6) is 0 Å². The van der Waals surface area contributed by atoms with Crippen LogP contribution >= 0.6 is 0 Å². The molecule has 3 rings (SSSR count). The molecule has 0 atom stereocenters. The Morgan fingerprint density at radius 3 is 2.71 bits per heavy atom.